The van der Waals surface area contributed by atoms with E-state index in [0.29, 0.717) is 0 Å². The topological polar surface area (TPSA) is 9.72 Å². The zero-order valence-electron chi connectivity index (χ0n) is 27.0. The van der Waals surface area contributed by atoms with Crippen molar-refractivity contribution in [2.45, 2.75) is 13.7 Å². The Morgan fingerprint density at radius 2 is 0.571 bits per heavy atom. The zero-order valence-corrected chi connectivity index (χ0v) is 29.4. The van der Waals surface area contributed by atoms with Crippen LogP contribution in [-0.4, -0.2) is 0 Å². The molecule has 9 rings (SSSR count). The van der Waals surface area contributed by atoms with E-state index in [1.807, 2.05) is 0 Å². The average molecular weight is 811 g/mol. The third-order valence-corrected chi connectivity index (χ3v) is 18.2. The Balaban J connectivity index is 1.37. The monoisotopic (exact) mass is 811 g/mol. The van der Waals surface area contributed by atoms with E-state index in [4.69, 9.17) is 0 Å². The predicted molar refractivity (Wildman–Crippen MR) is 201 cm³/mol. The summed E-state index contributed by atoms with van der Waals surface area (Å²) in [6.07, 6.45) is 14.0. The molecule has 0 fully saturated rings. The molecule has 0 saturated carbocycles. The third-order valence-electron chi connectivity index (χ3n) is 9.45. The predicted octanol–water partition coefficient (Wildman–Crippen LogP) is 11.2. The van der Waals surface area contributed by atoms with Crippen LogP contribution in [0, 0.1) is 0 Å². The molecule has 3 aliphatic heterocycles. The quantitative estimate of drug-likeness (QED) is 0.166. The van der Waals surface area contributed by atoms with E-state index in [2.05, 4.69) is 215 Å². The van der Waals surface area contributed by atoms with Crippen molar-refractivity contribution < 1.29 is 16.5 Å². The van der Waals surface area contributed by atoms with Crippen LogP contribution >= 0.6 is 0 Å². The van der Waals surface area contributed by atoms with Crippen molar-refractivity contribution in [3.8, 4) is 0 Å². The summed E-state index contributed by atoms with van der Waals surface area (Å²) >= 11 is -2.70. The molecular formula is C45H36IrN3. The molecule has 3 atom stereocenters. The first-order valence-electron chi connectivity index (χ1n) is 16.7. The van der Waals surface area contributed by atoms with Crippen LogP contribution in [0.3, 0.4) is 0 Å². The minimum atomic E-state index is -2.70. The van der Waals surface area contributed by atoms with Gasteiger partial charge < -0.3 is 0 Å². The standard InChI is InChI=1S/3C15H12N.Ir/c3*1-2-8-15(9-3-1)16-11-10-13-6-4-5-7-14(13)12-16;/h3*1-12H;. The second-order valence-electron chi connectivity index (χ2n) is 12.3. The van der Waals surface area contributed by atoms with Crippen LogP contribution in [0.2, 0.25) is 0 Å². The maximum atomic E-state index is 2.60. The molecule has 0 saturated heterocycles. The average Bonchev–Trinajstić information content (AvgIpc) is 3.19. The molecule has 0 aliphatic carbocycles. The van der Waals surface area contributed by atoms with Gasteiger partial charge in [0.15, 0.2) is 0 Å². The number of para-hydroxylation sites is 3. The third kappa shape index (κ3) is 5.34. The second-order valence-corrected chi connectivity index (χ2v) is 18.7. The number of hydrogen-bond donors (Lipinski definition) is 0. The molecule has 49 heavy (non-hydrogen) atoms. The Kier molecular flexibility index (Phi) is 7.82. The van der Waals surface area contributed by atoms with E-state index < -0.39 is 16.5 Å². The molecule has 3 nitrogen and oxygen atoms in total. The van der Waals surface area contributed by atoms with Gasteiger partial charge in [0.1, 0.15) is 0 Å². The van der Waals surface area contributed by atoms with Crippen molar-refractivity contribution in [3.05, 3.63) is 216 Å². The van der Waals surface area contributed by atoms with E-state index in [9.17, 15) is 0 Å². The minimum absolute atomic E-state index is 0.148. The van der Waals surface area contributed by atoms with Gasteiger partial charge in [-0.3, -0.25) is 0 Å². The van der Waals surface area contributed by atoms with Gasteiger partial charge in [0.25, 0.3) is 0 Å². The molecule has 240 valence electrons. The summed E-state index contributed by atoms with van der Waals surface area (Å²) in [5.41, 5.74) is 11.8. The molecule has 0 bridgehead atoms. The van der Waals surface area contributed by atoms with Gasteiger partial charge in [-0.2, -0.15) is 0 Å². The summed E-state index contributed by atoms with van der Waals surface area (Å²) < 4.78 is 0.445. The van der Waals surface area contributed by atoms with Crippen LogP contribution in [-0.2, 0) is 16.5 Å². The first-order valence-corrected chi connectivity index (χ1v) is 20.9. The van der Waals surface area contributed by atoms with Gasteiger partial charge in [-0.25, -0.2) is 0 Å². The van der Waals surface area contributed by atoms with Gasteiger partial charge in [0.2, 0.25) is 0 Å². The Bertz CT molecular complexity index is 1930. The van der Waals surface area contributed by atoms with Gasteiger partial charge >= 0.3 is 296 Å². The van der Waals surface area contributed by atoms with E-state index in [1.54, 1.807) is 0 Å². The fraction of sp³-hybridized carbons (Fsp3) is 0.0667. The Morgan fingerprint density at radius 3 is 0.878 bits per heavy atom. The number of rotatable bonds is 6. The van der Waals surface area contributed by atoms with Crippen molar-refractivity contribution in [2.75, 3.05) is 14.7 Å². The van der Waals surface area contributed by atoms with E-state index in [1.165, 1.54) is 50.4 Å². The molecule has 3 unspecified atom stereocenters. The SMILES string of the molecule is C1=CN(c2ccccc2)[CH]([Ir]([CH]2c3ccccc3C=CN2c2ccccc2)[CH]2c3ccccc3C=CN2c2ccccc2)c2ccccc21. The Labute approximate surface area is 294 Å². The van der Waals surface area contributed by atoms with Gasteiger partial charge in [0, 0.05) is 0 Å². The van der Waals surface area contributed by atoms with Crippen LogP contribution in [0.25, 0.3) is 18.2 Å². The molecule has 0 radical (unpaired) electrons. The molecular weight excluding hydrogens is 775 g/mol. The summed E-state index contributed by atoms with van der Waals surface area (Å²) in [6, 6.07) is 60.3. The van der Waals surface area contributed by atoms with E-state index >= 15 is 0 Å². The summed E-state index contributed by atoms with van der Waals surface area (Å²) in [6.45, 7) is 0. The molecule has 0 amide bonds. The van der Waals surface area contributed by atoms with Crippen molar-refractivity contribution in [2.24, 2.45) is 0 Å². The fourth-order valence-corrected chi connectivity index (χ4v) is 17.8. The molecule has 6 aromatic rings. The van der Waals surface area contributed by atoms with Gasteiger partial charge in [-0.05, 0) is 0 Å². The summed E-state index contributed by atoms with van der Waals surface area (Å²) in [5.74, 6) is 0. The maximum absolute atomic E-state index is 2.70. The van der Waals surface area contributed by atoms with Gasteiger partial charge in [0.05, 0.1) is 0 Å². The molecule has 3 heterocycles. The molecule has 0 aromatic heterocycles. The number of nitrogens with zero attached hydrogens (tertiary/aromatic N) is 3. The second kappa shape index (κ2) is 12.9. The Hall–Kier alpha value is -5.41. The Morgan fingerprint density at radius 1 is 0.306 bits per heavy atom. The van der Waals surface area contributed by atoms with E-state index in [-0.39, 0.29) is 13.7 Å². The van der Waals surface area contributed by atoms with Crippen LogP contribution in [0.1, 0.15) is 47.0 Å². The first-order chi connectivity index (χ1) is 24.3. The van der Waals surface area contributed by atoms with Crippen LogP contribution in [0.5, 0.6) is 0 Å². The van der Waals surface area contributed by atoms with E-state index in [0.717, 1.165) is 0 Å². The van der Waals surface area contributed by atoms with Crippen molar-refractivity contribution >= 4 is 35.3 Å². The molecule has 6 aromatic carbocycles. The van der Waals surface area contributed by atoms with Gasteiger partial charge in [-0.15, -0.1) is 0 Å². The normalized spacial score (nSPS) is 19.2. The number of benzene rings is 6. The summed E-state index contributed by atoms with van der Waals surface area (Å²) in [5, 5.41) is 0. The van der Waals surface area contributed by atoms with Crippen molar-refractivity contribution in [3.63, 3.8) is 0 Å². The van der Waals surface area contributed by atoms with Gasteiger partial charge in [-0.1, -0.05) is 0 Å². The van der Waals surface area contributed by atoms with Crippen LogP contribution in [0.4, 0.5) is 17.1 Å². The van der Waals surface area contributed by atoms with Crippen LogP contribution < -0.4 is 14.7 Å². The molecule has 0 N–H and O–H groups in total. The number of anilines is 3. The summed E-state index contributed by atoms with van der Waals surface area (Å²) in [4.78, 5) is 7.81. The number of hydrogen-bond acceptors (Lipinski definition) is 3. The fourth-order valence-electron chi connectivity index (χ4n) is 7.16. The first kappa shape index (κ1) is 29.7. The van der Waals surface area contributed by atoms with Crippen molar-refractivity contribution in [1.82, 2.24) is 0 Å². The zero-order chi connectivity index (χ0) is 32.6. The molecule has 3 aliphatic rings. The van der Waals surface area contributed by atoms with Crippen molar-refractivity contribution in [1.29, 1.82) is 0 Å². The molecule has 4 heteroatoms. The van der Waals surface area contributed by atoms with Crippen LogP contribution in [0.15, 0.2) is 182 Å². The summed E-state index contributed by atoms with van der Waals surface area (Å²) in [7, 11) is 0. The molecule has 0 spiro atoms. The number of fused-ring (bicyclic) bond motifs is 3.